The second kappa shape index (κ2) is 8.76. The molecule has 1 aromatic carbocycles. The summed E-state index contributed by atoms with van der Waals surface area (Å²) in [7, 11) is 0. The summed E-state index contributed by atoms with van der Waals surface area (Å²) in [5, 5.41) is 14.6. The fourth-order valence-electron chi connectivity index (χ4n) is 2.82. The Morgan fingerprint density at radius 2 is 2.18 bits per heavy atom. The molecule has 122 valence electrons. The van der Waals surface area contributed by atoms with Gasteiger partial charge in [-0.05, 0) is 31.7 Å². The van der Waals surface area contributed by atoms with Crippen LogP contribution >= 0.6 is 0 Å². The molecule has 1 aromatic rings. The van der Waals surface area contributed by atoms with Crippen LogP contribution in [0.5, 0.6) is 0 Å². The highest BCUT2D eigenvalue weighted by atomic mass is 16.5. The van der Waals surface area contributed by atoms with E-state index in [9.17, 15) is 4.79 Å². The summed E-state index contributed by atoms with van der Waals surface area (Å²) in [4.78, 5) is 11.9. The number of aliphatic hydroxyl groups is 1. The average Bonchev–Trinajstić information content (AvgIpc) is 3.00. The van der Waals surface area contributed by atoms with Gasteiger partial charge >= 0.3 is 6.03 Å². The van der Waals surface area contributed by atoms with Gasteiger partial charge in [-0.2, -0.15) is 0 Å². The maximum Gasteiger partial charge on any atom is 0.315 e. The molecule has 0 bridgehead atoms. The fraction of sp³-hybridized carbons (Fsp3) is 0.588. The smallest absolute Gasteiger partial charge is 0.315 e. The molecule has 3 atom stereocenters. The van der Waals surface area contributed by atoms with Crippen molar-refractivity contribution >= 4 is 6.03 Å². The molecule has 22 heavy (non-hydrogen) atoms. The minimum atomic E-state index is -0.149. The number of ether oxygens (including phenoxy) is 1. The first-order valence-corrected chi connectivity index (χ1v) is 8.02. The first-order valence-electron chi connectivity index (χ1n) is 8.02. The molecule has 0 radical (unpaired) electrons. The van der Waals surface area contributed by atoms with Gasteiger partial charge in [-0.25, -0.2) is 4.79 Å². The van der Waals surface area contributed by atoms with E-state index in [-0.39, 0.29) is 24.8 Å². The predicted molar refractivity (Wildman–Crippen MR) is 85.6 cm³/mol. The number of nitrogens with one attached hydrogen (secondary N) is 2. The normalized spacial score (nSPS) is 22.3. The van der Waals surface area contributed by atoms with Crippen molar-refractivity contribution in [2.24, 2.45) is 5.92 Å². The maximum atomic E-state index is 11.9. The molecule has 2 amide bonds. The molecule has 0 aliphatic carbocycles. The Kier molecular flexibility index (Phi) is 6.68. The highest BCUT2D eigenvalue weighted by Gasteiger charge is 2.29. The van der Waals surface area contributed by atoms with Crippen molar-refractivity contribution in [1.29, 1.82) is 0 Å². The Morgan fingerprint density at radius 1 is 1.41 bits per heavy atom. The van der Waals surface area contributed by atoms with E-state index >= 15 is 0 Å². The first-order chi connectivity index (χ1) is 10.7. The lowest BCUT2D eigenvalue weighted by molar-refractivity contribution is 0.0909. The second-order valence-electron chi connectivity index (χ2n) is 5.87. The van der Waals surface area contributed by atoms with Crippen LogP contribution in [0.2, 0.25) is 0 Å². The molecule has 2 rings (SSSR count). The van der Waals surface area contributed by atoms with Crippen LogP contribution in [-0.2, 0) is 4.74 Å². The molecule has 3 N–H and O–H groups in total. The fourth-order valence-corrected chi connectivity index (χ4v) is 2.82. The van der Waals surface area contributed by atoms with E-state index in [4.69, 9.17) is 9.84 Å². The number of urea groups is 1. The van der Waals surface area contributed by atoms with E-state index in [0.717, 1.165) is 19.4 Å². The van der Waals surface area contributed by atoms with Crippen LogP contribution in [0.3, 0.4) is 0 Å². The number of carbonyl (C=O) groups excluding carboxylic acids is 1. The summed E-state index contributed by atoms with van der Waals surface area (Å²) in [6.45, 7) is 3.45. The van der Waals surface area contributed by atoms with Crippen LogP contribution in [0.4, 0.5) is 4.79 Å². The highest BCUT2D eigenvalue weighted by molar-refractivity contribution is 5.74. The Bertz CT molecular complexity index is 452. The third-order valence-electron chi connectivity index (χ3n) is 4.04. The van der Waals surface area contributed by atoms with E-state index < -0.39 is 0 Å². The number of carbonyl (C=O) groups is 1. The van der Waals surface area contributed by atoms with Crippen molar-refractivity contribution in [2.75, 3.05) is 19.8 Å². The molecular formula is C17H26N2O3. The van der Waals surface area contributed by atoms with Crippen LogP contribution in [-0.4, -0.2) is 36.9 Å². The molecule has 5 heteroatoms. The summed E-state index contributed by atoms with van der Waals surface area (Å²) in [6, 6.07) is 10.1. The molecule has 1 aliphatic rings. The van der Waals surface area contributed by atoms with Gasteiger partial charge in [0.1, 0.15) is 0 Å². The van der Waals surface area contributed by atoms with Crippen LogP contribution in [0.15, 0.2) is 30.3 Å². The monoisotopic (exact) mass is 306 g/mol. The molecule has 5 nitrogen and oxygen atoms in total. The molecule has 0 spiro atoms. The van der Waals surface area contributed by atoms with Gasteiger partial charge in [0.25, 0.3) is 0 Å². The van der Waals surface area contributed by atoms with Crippen molar-refractivity contribution < 1.29 is 14.6 Å². The quantitative estimate of drug-likeness (QED) is 0.723. The zero-order chi connectivity index (χ0) is 15.8. The lowest BCUT2D eigenvalue weighted by Gasteiger charge is -2.20. The van der Waals surface area contributed by atoms with Gasteiger partial charge in [-0.1, -0.05) is 30.3 Å². The zero-order valence-corrected chi connectivity index (χ0v) is 13.1. The summed E-state index contributed by atoms with van der Waals surface area (Å²) >= 11 is 0. The molecule has 1 saturated heterocycles. The summed E-state index contributed by atoms with van der Waals surface area (Å²) in [5.74, 6) is 0.306. The Labute approximate surface area is 132 Å². The molecule has 1 fully saturated rings. The Balaban J connectivity index is 1.77. The third kappa shape index (κ3) is 5.00. The first kappa shape index (κ1) is 16.8. The second-order valence-corrected chi connectivity index (χ2v) is 5.87. The maximum absolute atomic E-state index is 11.9. The summed E-state index contributed by atoms with van der Waals surface area (Å²) in [6.07, 6.45) is 2.50. The average molecular weight is 306 g/mol. The lowest BCUT2D eigenvalue weighted by atomic mass is 9.95. The van der Waals surface area contributed by atoms with Crippen LogP contribution in [0.1, 0.15) is 37.9 Å². The topological polar surface area (TPSA) is 70.6 Å². The third-order valence-corrected chi connectivity index (χ3v) is 4.04. The van der Waals surface area contributed by atoms with Gasteiger partial charge in [-0.3, -0.25) is 0 Å². The Hall–Kier alpha value is -1.59. The van der Waals surface area contributed by atoms with E-state index in [1.807, 2.05) is 25.1 Å². The highest BCUT2D eigenvalue weighted by Crippen LogP contribution is 2.33. The molecule has 1 heterocycles. The molecule has 0 aromatic heterocycles. The van der Waals surface area contributed by atoms with Crippen molar-refractivity contribution in [3.05, 3.63) is 35.9 Å². The number of hydrogen-bond donors (Lipinski definition) is 3. The van der Waals surface area contributed by atoms with Gasteiger partial charge in [0, 0.05) is 31.7 Å². The van der Waals surface area contributed by atoms with Crippen molar-refractivity contribution in [3.8, 4) is 0 Å². The van der Waals surface area contributed by atoms with Gasteiger partial charge in [0.2, 0.25) is 0 Å². The minimum Gasteiger partial charge on any atom is -0.396 e. The summed E-state index contributed by atoms with van der Waals surface area (Å²) < 4.78 is 5.82. The molecule has 1 aliphatic heterocycles. The number of benzene rings is 1. The number of amides is 2. The molecular weight excluding hydrogens is 280 g/mol. The van der Waals surface area contributed by atoms with Gasteiger partial charge in [0.05, 0.1) is 6.10 Å². The van der Waals surface area contributed by atoms with Crippen molar-refractivity contribution in [3.63, 3.8) is 0 Å². The van der Waals surface area contributed by atoms with Crippen LogP contribution < -0.4 is 10.6 Å². The zero-order valence-electron chi connectivity index (χ0n) is 13.1. The van der Waals surface area contributed by atoms with E-state index in [0.29, 0.717) is 18.9 Å². The van der Waals surface area contributed by atoms with Crippen LogP contribution in [0, 0.1) is 5.92 Å². The van der Waals surface area contributed by atoms with Gasteiger partial charge < -0.3 is 20.5 Å². The molecule has 1 unspecified atom stereocenters. The lowest BCUT2D eigenvalue weighted by Crippen LogP contribution is -2.42. The molecule has 0 saturated carbocycles. The largest absolute Gasteiger partial charge is 0.396 e. The van der Waals surface area contributed by atoms with Crippen molar-refractivity contribution in [2.45, 2.75) is 38.3 Å². The number of aliphatic hydroxyl groups excluding tert-OH is 1. The van der Waals surface area contributed by atoms with E-state index in [2.05, 4.69) is 22.8 Å². The summed E-state index contributed by atoms with van der Waals surface area (Å²) in [5.41, 5.74) is 1.17. The number of rotatable bonds is 7. The minimum absolute atomic E-state index is 0.0633. The van der Waals surface area contributed by atoms with Gasteiger partial charge in [-0.15, -0.1) is 0 Å². The van der Waals surface area contributed by atoms with E-state index in [1.165, 1.54) is 5.56 Å². The Morgan fingerprint density at radius 3 is 2.91 bits per heavy atom. The van der Waals surface area contributed by atoms with E-state index in [1.54, 1.807) is 0 Å². The van der Waals surface area contributed by atoms with Crippen LogP contribution in [0.25, 0.3) is 0 Å². The van der Waals surface area contributed by atoms with Crippen molar-refractivity contribution in [1.82, 2.24) is 10.6 Å². The SMILES string of the molecule is CC(CCCO)NC(=O)NC[C@H]1CCO[C@@H]1c1ccccc1. The number of hydrogen-bond acceptors (Lipinski definition) is 3. The standard InChI is InChI=1S/C17H26N2O3/c1-13(6-5-10-20)19-17(21)18-12-15-9-11-22-16(15)14-7-3-2-4-8-14/h2-4,7-8,13,15-16,20H,5-6,9-12H2,1H3,(H2,18,19,21)/t13?,15-,16-/m1/s1. The van der Waals surface area contributed by atoms with Gasteiger partial charge in [0.15, 0.2) is 0 Å². The predicted octanol–water partition coefficient (Wildman–Crippen LogP) is 2.22.